The van der Waals surface area contributed by atoms with Crippen molar-refractivity contribution in [3.63, 3.8) is 0 Å². The summed E-state index contributed by atoms with van der Waals surface area (Å²) >= 11 is 0. The number of benzene rings is 1. The number of aromatic amines is 1. The monoisotopic (exact) mass is 320 g/mol. The van der Waals surface area contributed by atoms with E-state index in [4.69, 9.17) is 0 Å². The molecule has 3 aromatic rings. The van der Waals surface area contributed by atoms with Crippen LogP contribution in [-0.2, 0) is 6.42 Å². The minimum absolute atomic E-state index is 0.142. The lowest BCUT2D eigenvalue weighted by atomic mass is 10.0. The number of hydrogen-bond donors (Lipinski definition) is 2. The van der Waals surface area contributed by atoms with Gasteiger partial charge in [0, 0.05) is 35.9 Å². The van der Waals surface area contributed by atoms with Crippen molar-refractivity contribution >= 4 is 11.6 Å². The van der Waals surface area contributed by atoms with E-state index < -0.39 is 0 Å². The Hall–Kier alpha value is -2.95. The van der Waals surface area contributed by atoms with Crippen LogP contribution in [0.1, 0.15) is 19.4 Å². The Kier molecular flexibility index (Phi) is 4.70. The quantitative estimate of drug-likeness (QED) is 0.750. The van der Waals surface area contributed by atoms with Gasteiger partial charge in [0.25, 0.3) is 0 Å². The van der Waals surface area contributed by atoms with Crippen molar-refractivity contribution < 1.29 is 0 Å². The van der Waals surface area contributed by atoms with E-state index in [0.29, 0.717) is 11.9 Å². The normalized spacial score (nSPS) is 10.8. The van der Waals surface area contributed by atoms with E-state index in [-0.39, 0.29) is 5.56 Å². The molecule has 0 atom stereocenters. The predicted molar refractivity (Wildman–Crippen MR) is 96.4 cm³/mol. The standard InChI is InChI=1S/C19H20N4O/c1-13(2)9-14-3-5-17(6-4-14)23-19-21-11-16(12-22-19)15-7-8-20-18(24)10-15/h3-8,10-13H,9H2,1-2H3,(H,20,24)(H,21,22,23). The molecule has 0 saturated heterocycles. The number of hydrogen-bond acceptors (Lipinski definition) is 4. The van der Waals surface area contributed by atoms with Crippen LogP contribution in [0.25, 0.3) is 11.1 Å². The van der Waals surface area contributed by atoms with Crippen molar-refractivity contribution in [1.29, 1.82) is 0 Å². The van der Waals surface area contributed by atoms with Crippen LogP contribution in [-0.4, -0.2) is 15.0 Å². The molecule has 122 valence electrons. The average Bonchev–Trinajstić information content (AvgIpc) is 2.57. The second-order valence-electron chi connectivity index (χ2n) is 6.16. The first-order valence-corrected chi connectivity index (χ1v) is 7.97. The Morgan fingerprint density at radius 3 is 2.38 bits per heavy atom. The lowest BCUT2D eigenvalue weighted by Crippen LogP contribution is -2.02. The predicted octanol–water partition coefficient (Wildman–Crippen LogP) is 3.77. The van der Waals surface area contributed by atoms with Crippen molar-refractivity contribution in [3.8, 4) is 11.1 Å². The first-order chi connectivity index (χ1) is 11.6. The van der Waals surface area contributed by atoms with E-state index in [2.05, 4.69) is 46.2 Å². The second kappa shape index (κ2) is 7.08. The SMILES string of the molecule is CC(C)Cc1ccc(Nc2ncc(-c3cc[nH]c(=O)c3)cn2)cc1. The number of H-pyrrole nitrogens is 1. The molecule has 0 spiro atoms. The highest BCUT2D eigenvalue weighted by Crippen LogP contribution is 2.18. The maximum absolute atomic E-state index is 11.4. The Morgan fingerprint density at radius 1 is 1.04 bits per heavy atom. The van der Waals surface area contributed by atoms with Gasteiger partial charge in [-0.1, -0.05) is 26.0 Å². The highest BCUT2D eigenvalue weighted by Gasteiger charge is 2.03. The first kappa shape index (κ1) is 15.9. The van der Waals surface area contributed by atoms with Crippen LogP contribution >= 0.6 is 0 Å². The fourth-order valence-electron chi connectivity index (χ4n) is 2.49. The minimum atomic E-state index is -0.142. The molecule has 3 rings (SSSR count). The molecule has 1 aromatic carbocycles. The summed E-state index contributed by atoms with van der Waals surface area (Å²) in [5, 5.41) is 3.18. The maximum atomic E-state index is 11.4. The maximum Gasteiger partial charge on any atom is 0.248 e. The summed E-state index contributed by atoms with van der Waals surface area (Å²) in [5.74, 6) is 1.17. The van der Waals surface area contributed by atoms with Crippen LogP contribution in [0.3, 0.4) is 0 Å². The zero-order valence-corrected chi connectivity index (χ0v) is 13.8. The van der Waals surface area contributed by atoms with Gasteiger partial charge in [-0.3, -0.25) is 4.79 Å². The highest BCUT2D eigenvalue weighted by molar-refractivity contribution is 5.62. The van der Waals surface area contributed by atoms with Crippen molar-refractivity contribution in [2.45, 2.75) is 20.3 Å². The highest BCUT2D eigenvalue weighted by atomic mass is 16.1. The molecule has 5 heteroatoms. The Morgan fingerprint density at radius 2 is 1.75 bits per heavy atom. The van der Waals surface area contributed by atoms with E-state index >= 15 is 0 Å². The third-order valence-electron chi connectivity index (χ3n) is 3.61. The number of rotatable bonds is 5. The van der Waals surface area contributed by atoms with E-state index in [0.717, 1.165) is 23.2 Å². The van der Waals surface area contributed by atoms with Crippen molar-refractivity contribution in [2.24, 2.45) is 5.92 Å². The smallest absolute Gasteiger partial charge is 0.248 e. The number of pyridine rings is 1. The molecule has 24 heavy (non-hydrogen) atoms. The molecule has 0 bridgehead atoms. The van der Waals surface area contributed by atoms with Gasteiger partial charge in [-0.2, -0.15) is 0 Å². The Bertz CT molecular complexity index is 852. The molecule has 0 radical (unpaired) electrons. The van der Waals surface area contributed by atoms with Crippen LogP contribution in [0.5, 0.6) is 0 Å². The van der Waals surface area contributed by atoms with Gasteiger partial charge in [0.2, 0.25) is 11.5 Å². The van der Waals surface area contributed by atoms with Crippen molar-refractivity contribution in [1.82, 2.24) is 15.0 Å². The summed E-state index contributed by atoms with van der Waals surface area (Å²) in [4.78, 5) is 22.6. The molecule has 0 unspecified atom stereocenters. The summed E-state index contributed by atoms with van der Waals surface area (Å²) in [6, 6.07) is 11.7. The largest absolute Gasteiger partial charge is 0.329 e. The van der Waals surface area contributed by atoms with E-state index in [1.165, 1.54) is 11.6 Å². The third kappa shape index (κ3) is 4.07. The summed E-state index contributed by atoms with van der Waals surface area (Å²) in [7, 11) is 0. The molecular weight excluding hydrogens is 300 g/mol. The Labute approximate surface area is 140 Å². The molecule has 0 amide bonds. The zero-order valence-electron chi connectivity index (χ0n) is 13.8. The van der Waals surface area contributed by atoms with Crippen LogP contribution in [0.15, 0.2) is 59.8 Å². The molecule has 0 aliphatic heterocycles. The van der Waals surface area contributed by atoms with Gasteiger partial charge in [-0.05, 0) is 41.7 Å². The third-order valence-corrected chi connectivity index (χ3v) is 3.61. The summed E-state index contributed by atoms with van der Waals surface area (Å²) in [6.07, 6.45) is 6.10. The second-order valence-corrected chi connectivity index (χ2v) is 6.16. The molecule has 2 aromatic heterocycles. The molecule has 0 saturated carbocycles. The molecule has 0 fully saturated rings. The van der Waals surface area contributed by atoms with E-state index in [1.807, 2.05) is 18.2 Å². The molecule has 0 aliphatic carbocycles. The topological polar surface area (TPSA) is 70.7 Å². The van der Waals surface area contributed by atoms with Gasteiger partial charge in [-0.15, -0.1) is 0 Å². The van der Waals surface area contributed by atoms with Gasteiger partial charge in [0.15, 0.2) is 0 Å². The van der Waals surface area contributed by atoms with Gasteiger partial charge in [0.1, 0.15) is 0 Å². The molecule has 5 nitrogen and oxygen atoms in total. The Balaban J connectivity index is 1.71. The van der Waals surface area contributed by atoms with E-state index in [9.17, 15) is 4.79 Å². The number of nitrogens with one attached hydrogen (secondary N) is 2. The van der Waals surface area contributed by atoms with Gasteiger partial charge in [-0.25, -0.2) is 9.97 Å². The van der Waals surface area contributed by atoms with Crippen molar-refractivity contribution in [2.75, 3.05) is 5.32 Å². The van der Waals surface area contributed by atoms with E-state index in [1.54, 1.807) is 18.6 Å². The van der Waals surface area contributed by atoms with Crippen LogP contribution in [0.2, 0.25) is 0 Å². The first-order valence-electron chi connectivity index (χ1n) is 7.97. The number of anilines is 2. The average molecular weight is 320 g/mol. The molecule has 0 aliphatic rings. The zero-order chi connectivity index (χ0) is 16.9. The lowest BCUT2D eigenvalue weighted by Gasteiger charge is -2.08. The summed E-state index contributed by atoms with van der Waals surface area (Å²) < 4.78 is 0. The number of nitrogens with zero attached hydrogens (tertiary/aromatic N) is 2. The minimum Gasteiger partial charge on any atom is -0.329 e. The van der Waals surface area contributed by atoms with Crippen LogP contribution in [0, 0.1) is 5.92 Å². The van der Waals surface area contributed by atoms with Gasteiger partial charge < -0.3 is 10.3 Å². The fourth-order valence-corrected chi connectivity index (χ4v) is 2.49. The fraction of sp³-hybridized carbons (Fsp3) is 0.211. The van der Waals surface area contributed by atoms with Gasteiger partial charge >= 0.3 is 0 Å². The summed E-state index contributed by atoms with van der Waals surface area (Å²) in [6.45, 7) is 4.42. The van der Waals surface area contributed by atoms with Gasteiger partial charge in [0.05, 0.1) is 0 Å². The molecular formula is C19H20N4O. The molecule has 2 N–H and O–H groups in total. The van der Waals surface area contributed by atoms with Crippen LogP contribution in [0.4, 0.5) is 11.6 Å². The number of aromatic nitrogens is 3. The molecule has 2 heterocycles. The summed E-state index contributed by atoms with van der Waals surface area (Å²) in [5.41, 5.74) is 3.73. The lowest BCUT2D eigenvalue weighted by molar-refractivity contribution is 0.647. The van der Waals surface area contributed by atoms with Crippen LogP contribution < -0.4 is 10.9 Å². The van der Waals surface area contributed by atoms with Crippen molar-refractivity contribution in [3.05, 3.63) is 70.9 Å².